The smallest absolute Gasteiger partial charge is 0.481 e. The highest BCUT2D eigenvalue weighted by Crippen LogP contribution is 2.21. The van der Waals surface area contributed by atoms with E-state index in [1.165, 1.54) is 6.33 Å². The second-order valence-corrected chi connectivity index (χ2v) is 7.17. The number of hydrogen-bond donors (Lipinski definition) is 3. The van der Waals surface area contributed by atoms with Crippen molar-refractivity contribution >= 4 is 29.5 Å². The van der Waals surface area contributed by atoms with Gasteiger partial charge in [0.1, 0.15) is 18.0 Å². The van der Waals surface area contributed by atoms with Gasteiger partial charge in [0, 0.05) is 32.7 Å². The predicted octanol–water partition coefficient (Wildman–Crippen LogP) is 1.30. The Hall–Kier alpha value is -3.12. The van der Waals surface area contributed by atoms with E-state index in [-0.39, 0.29) is 5.91 Å². The highest BCUT2D eigenvalue weighted by molar-refractivity contribution is 5.82. The van der Waals surface area contributed by atoms with Gasteiger partial charge in [-0.15, -0.1) is 0 Å². The van der Waals surface area contributed by atoms with Crippen molar-refractivity contribution in [2.45, 2.75) is 26.4 Å². The highest BCUT2D eigenvalue weighted by atomic mass is 19.4. The summed E-state index contributed by atoms with van der Waals surface area (Å²) in [5, 5.41) is 19.3. The third kappa shape index (κ3) is 7.72. The molecule has 1 aromatic rings. The lowest BCUT2D eigenvalue weighted by molar-refractivity contribution is -0.192. The molecule has 1 aliphatic rings. The van der Waals surface area contributed by atoms with Crippen LogP contribution in [0, 0.1) is 5.41 Å². The maximum absolute atomic E-state index is 11.8. The molecule has 168 valence electrons. The van der Waals surface area contributed by atoms with E-state index in [1.54, 1.807) is 31.9 Å². The number of nitrogens with one attached hydrogen (secondary N) is 1. The van der Waals surface area contributed by atoms with Crippen LogP contribution in [0.4, 0.5) is 24.8 Å². The lowest BCUT2D eigenvalue weighted by Crippen LogP contribution is -2.48. The Kier molecular flexibility index (Phi) is 8.37. The molecule has 0 aromatic carbocycles. The Morgan fingerprint density at radius 3 is 2.27 bits per heavy atom. The van der Waals surface area contributed by atoms with E-state index in [4.69, 9.17) is 15.0 Å². The Balaban J connectivity index is 0.000000553. The quantitative estimate of drug-likeness (QED) is 0.604. The standard InChI is InChI=1S/C15H23N5O3.C2HF3O2/c1-15(2,14(22)23)4-5-16-11-8-12(18-10-17-11)20-7-6-19(3)13(21)9-20;3-2(4,5)1(6)7/h8,10H,4-7,9H2,1-3H3,(H,22,23)(H,16,17,18);(H,6,7). The molecule has 3 N–H and O–H groups in total. The zero-order valence-corrected chi connectivity index (χ0v) is 16.7. The third-order valence-corrected chi connectivity index (χ3v) is 4.31. The van der Waals surface area contributed by atoms with E-state index in [0.29, 0.717) is 37.7 Å². The topological polar surface area (TPSA) is 136 Å². The number of aliphatic carboxylic acids is 2. The first-order valence-electron chi connectivity index (χ1n) is 8.82. The molecule has 0 aliphatic carbocycles. The van der Waals surface area contributed by atoms with Gasteiger partial charge >= 0.3 is 18.1 Å². The first-order valence-corrected chi connectivity index (χ1v) is 8.82. The van der Waals surface area contributed by atoms with Gasteiger partial charge in [-0.1, -0.05) is 0 Å². The first-order chi connectivity index (χ1) is 13.7. The monoisotopic (exact) mass is 435 g/mol. The number of likely N-dealkylation sites (N-methyl/N-ethyl adjacent to an activating group) is 1. The molecule has 0 radical (unpaired) electrons. The van der Waals surface area contributed by atoms with E-state index in [9.17, 15) is 22.8 Å². The number of aromatic nitrogens is 2. The fourth-order valence-electron chi connectivity index (χ4n) is 2.18. The number of rotatable bonds is 6. The van der Waals surface area contributed by atoms with Gasteiger partial charge in [-0.2, -0.15) is 13.2 Å². The van der Waals surface area contributed by atoms with Crippen molar-refractivity contribution in [3.63, 3.8) is 0 Å². The number of carboxylic acid groups (broad SMARTS) is 2. The number of carbonyl (C=O) groups excluding carboxylic acids is 1. The minimum atomic E-state index is -5.08. The van der Waals surface area contributed by atoms with Crippen molar-refractivity contribution in [1.82, 2.24) is 14.9 Å². The number of hydrogen-bond acceptors (Lipinski definition) is 7. The molecule has 0 atom stereocenters. The van der Waals surface area contributed by atoms with E-state index in [2.05, 4.69) is 15.3 Å². The highest BCUT2D eigenvalue weighted by Gasteiger charge is 2.38. The average molecular weight is 435 g/mol. The molecular weight excluding hydrogens is 411 g/mol. The number of carboxylic acids is 2. The van der Waals surface area contributed by atoms with Crippen LogP contribution in [-0.4, -0.2) is 82.3 Å². The third-order valence-electron chi connectivity index (χ3n) is 4.31. The zero-order valence-electron chi connectivity index (χ0n) is 16.7. The van der Waals surface area contributed by atoms with Crippen molar-refractivity contribution in [1.29, 1.82) is 0 Å². The second-order valence-electron chi connectivity index (χ2n) is 7.17. The molecule has 1 aromatic heterocycles. The second kappa shape index (κ2) is 10.1. The Labute approximate surface area is 170 Å². The molecule has 1 fully saturated rings. The van der Waals surface area contributed by atoms with Crippen LogP contribution in [0.3, 0.4) is 0 Å². The van der Waals surface area contributed by atoms with Crippen molar-refractivity contribution in [3.8, 4) is 0 Å². The van der Waals surface area contributed by atoms with E-state index in [1.807, 2.05) is 4.90 Å². The molecule has 30 heavy (non-hydrogen) atoms. The summed E-state index contributed by atoms with van der Waals surface area (Å²) >= 11 is 0. The number of carbonyl (C=O) groups is 3. The average Bonchev–Trinajstić information content (AvgIpc) is 2.63. The molecular formula is C17H24F3N5O5. The lowest BCUT2D eigenvalue weighted by Gasteiger charge is -2.32. The normalized spacial score (nSPS) is 14.7. The van der Waals surface area contributed by atoms with Crippen molar-refractivity contribution in [2.24, 2.45) is 5.41 Å². The maximum Gasteiger partial charge on any atom is 0.490 e. The Morgan fingerprint density at radius 2 is 1.77 bits per heavy atom. The number of halogens is 3. The molecule has 13 heteroatoms. The van der Waals surface area contributed by atoms with Crippen LogP contribution in [0.1, 0.15) is 20.3 Å². The summed E-state index contributed by atoms with van der Waals surface area (Å²) in [4.78, 5) is 43.7. The summed E-state index contributed by atoms with van der Waals surface area (Å²) in [5.74, 6) is -2.19. The van der Waals surface area contributed by atoms with Crippen LogP contribution in [-0.2, 0) is 14.4 Å². The number of amides is 1. The van der Waals surface area contributed by atoms with Gasteiger partial charge < -0.3 is 25.3 Å². The summed E-state index contributed by atoms with van der Waals surface area (Å²) in [7, 11) is 1.79. The van der Waals surface area contributed by atoms with Crippen LogP contribution >= 0.6 is 0 Å². The van der Waals surface area contributed by atoms with Gasteiger partial charge in [0.15, 0.2) is 0 Å². The molecule has 1 aliphatic heterocycles. The lowest BCUT2D eigenvalue weighted by atomic mass is 9.90. The molecule has 1 saturated heterocycles. The van der Waals surface area contributed by atoms with Gasteiger partial charge in [0.2, 0.25) is 5.91 Å². The fraction of sp³-hybridized carbons (Fsp3) is 0.588. The summed E-state index contributed by atoms with van der Waals surface area (Å²) in [6.45, 7) is 5.58. The molecule has 0 saturated carbocycles. The van der Waals surface area contributed by atoms with Gasteiger partial charge in [0.25, 0.3) is 0 Å². The summed E-state index contributed by atoms with van der Waals surface area (Å²) in [6.07, 6.45) is -3.16. The van der Waals surface area contributed by atoms with Crippen LogP contribution < -0.4 is 10.2 Å². The molecule has 0 bridgehead atoms. The van der Waals surface area contributed by atoms with Crippen molar-refractivity contribution in [2.75, 3.05) is 43.4 Å². The van der Waals surface area contributed by atoms with Crippen LogP contribution in [0.5, 0.6) is 0 Å². The first kappa shape index (κ1) is 24.9. The molecule has 2 heterocycles. The van der Waals surface area contributed by atoms with Gasteiger partial charge in [-0.05, 0) is 20.3 Å². The van der Waals surface area contributed by atoms with Gasteiger partial charge in [-0.3, -0.25) is 9.59 Å². The van der Waals surface area contributed by atoms with E-state index >= 15 is 0 Å². The van der Waals surface area contributed by atoms with E-state index in [0.717, 1.165) is 6.54 Å². The molecule has 0 spiro atoms. The van der Waals surface area contributed by atoms with Crippen LogP contribution in [0.15, 0.2) is 12.4 Å². The van der Waals surface area contributed by atoms with Crippen molar-refractivity contribution in [3.05, 3.63) is 12.4 Å². The summed E-state index contributed by atoms with van der Waals surface area (Å²) in [6, 6.07) is 1.78. The molecule has 10 nitrogen and oxygen atoms in total. The van der Waals surface area contributed by atoms with Crippen molar-refractivity contribution < 1.29 is 37.8 Å². The van der Waals surface area contributed by atoms with Crippen LogP contribution in [0.2, 0.25) is 0 Å². The SMILES string of the molecule is CN1CCN(c2cc(NCCC(C)(C)C(=O)O)ncn2)CC1=O.O=C(O)C(F)(F)F. The summed E-state index contributed by atoms with van der Waals surface area (Å²) in [5.41, 5.74) is -0.785. The number of piperazine rings is 1. The van der Waals surface area contributed by atoms with Gasteiger partial charge in [-0.25, -0.2) is 14.8 Å². The number of alkyl halides is 3. The molecule has 0 unspecified atom stereocenters. The van der Waals surface area contributed by atoms with Gasteiger partial charge in [0.05, 0.1) is 12.0 Å². The fourth-order valence-corrected chi connectivity index (χ4v) is 2.18. The Bertz CT molecular complexity index is 772. The minimum absolute atomic E-state index is 0.0626. The van der Waals surface area contributed by atoms with Crippen LogP contribution in [0.25, 0.3) is 0 Å². The Morgan fingerprint density at radius 1 is 1.17 bits per heavy atom. The molecule has 2 rings (SSSR count). The minimum Gasteiger partial charge on any atom is -0.481 e. The zero-order chi connectivity index (χ0) is 23.1. The largest absolute Gasteiger partial charge is 0.490 e. The number of anilines is 2. The van der Waals surface area contributed by atoms with E-state index < -0.39 is 23.5 Å². The summed E-state index contributed by atoms with van der Waals surface area (Å²) < 4.78 is 31.7. The predicted molar refractivity (Wildman–Crippen MR) is 100 cm³/mol. The number of nitrogens with zero attached hydrogens (tertiary/aromatic N) is 4. The maximum atomic E-state index is 11.8. The molecule has 1 amide bonds.